The largest absolute Gasteiger partial charge is 0.479 e. The number of nitrogens with two attached hydrogens (primary N) is 1. The smallest absolute Gasteiger partial charge is 0.242 e. The summed E-state index contributed by atoms with van der Waals surface area (Å²) >= 11 is 0. The molecule has 2 atom stereocenters. The third kappa shape index (κ3) is 4.70. The van der Waals surface area contributed by atoms with Gasteiger partial charge in [-0.1, -0.05) is 6.42 Å². The van der Waals surface area contributed by atoms with Crippen molar-refractivity contribution in [3.05, 3.63) is 16.8 Å². The fraction of sp³-hybridized carbons (Fsp3) is 0.632. The van der Waals surface area contributed by atoms with E-state index in [1.807, 2.05) is 14.0 Å². The van der Waals surface area contributed by atoms with E-state index < -0.39 is 0 Å². The van der Waals surface area contributed by atoms with Gasteiger partial charge in [0.15, 0.2) is 5.65 Å². The van der Waals surface area contributed by atoms with Gasteiger partial charge in [-0.25, -0.2) is 9.67 Å². The lowest BCUT2D eigenvalue weighted by atomic mass is 9.99. The number of hydrogen-bond donors (Lipinski definition) is 2. The van der Waals surface area contributed by atoms with Gasteiger partial charge in [0.1, 0.15) is 0 Å². The van der Waals surface area contributed by atoms with Crippen LogP contribution in [-0.4, -0.2) is 40.4 Å². The Kier molecular flexibility index (Phi) is 8.98. The van der Waals surface area contributed by atoms with Crippen LogP contribution < -0.4 is 15.8 Å². The summed E-state index contributed by atoms with van der Waals surface area (Å²) in [4.78, 5) is 17.1. The monoisotopic (exact) mass is 431 g/mol. The van der Waals surface area contributed by atoms with Crippen molar-refractivity contribution in [3.8, 4) is 5.88 Å². The van der Waals surface area contributed by atoms with Crippen LogP contribution in [0.25, 0.3) is 11.0 Å². The first-order valence-corrected chi connectivity index (χ1v) is 9.32. The van der Waals surface area contributed by atoms with Crippen LogP contribution in [0.1, 0.15) is 42.5 Å². The standard InChI is InChI=1S/C19H29N5O2.2ClH/c1-11-14(8-9-16(25)22-15-7-5-6-13(15)10-20)12(2)21-18-17(11)19(26-4)23-24(18)3;;/h13,15H,5-10,20H2,1-4H3,(H,22,25);2*1H. The maximum atomic E-state index is 12.4. The maximum absolute atomic E-state index is 12.4. The second-order valence-electron chi connectivity index (χ2n) is 7.23. The normalized spacial score (nSPS) is 18.5. The molecule has 0 bridgehead atoms. The molecule has 3 rings (SSSR count). The quantitative estimate of drug-likeness (QED) is 0.732. The molecule has 0 saturated heterocycles. The SMILES string of the molecule is COc1nn(C)c2nc(C)c(CCC(=O)NC3CCCC3CN)c(C)c12.Cl.Cl. The summed E-state index contributed by atoms with van der Waals surface area (Å²) in [7, 11) is 3.48. The van der Waals surface area contributed by atoms with Crippen molar-refractivity contribution in [2.45, 2.75) is 52.0 Å². The van der Waals surface area contributed by atoms with Crippen LogP contribution in [-0.2, 0) is 18.3 Å². The Bertz CT molecular complexity index is 824. The molecule has 2 aromatic rings. The predicted molar refractivity (Wildman–Crippen MR) is 116 cm³/mol. The number of carbonyl (C=O) groups is 1. The van der Waals surface area contributed by atoms with E-state index in [9.17, 15) is 4.79 Å². The number of nitrogens with zero attached hydrogens (tertiary/aromatic N) is 3. The number of ether oxygens (including phenoxy) is 1. The van der Waals surface area contributed by atoms with E-state index in [4.69, 9.17) is 10.5 Å². The second kappa shape index (κ2) is 10.3. The van der Waals surface area contributed by atoms with Gasteiger partial charge >= 0.3 is 0 Å². The molecule has 1 fully saturated rings. The molecule has 1 aliphatic carbocycles. The Morgan fingerprint density at radius 2 is 2.04 bits per heavy atom. The number of pyridine rings is 1. The third-order valence-corrected chi connectivity index (χ3v) is 5.63. The molecule has 0 spiro atoms. The summed E-state index contributed by atoms with van der Waals surface area (Å²) in [5.41, 5.74) is 9.74. The molecule has 0 aromatic carbocycles. The van der Waals surface area contributed by atoms with E-state index in [1.165, 1.54) is 0 Å². The molecule has 9 heteroatoms. The molecule has 2 unspecified atom stereocenters. The Labute approximate surface area is 178 Å². The molecular weight excluding hydrogens is 401 g/mol. The first-order chi connectivity index (χ1) is 12.5. The van der Waals surface area contributed by atoms with Crippen LogP contribution in [0.4, 0.5) is 0 Å². The minimum atomic E-state index is 0. The van der Waals surface area contributed by atoms with Crippen LogP contribution in [0.15, 0.2) is 0 Å². The first kappa shape index (κ1) is 24.5. The molecule has 1 amide bonds. The zero-order valence-corrected chi connectivity index (χ0v) is 18.6. The van der Waals surface area contributed by atoms with E-state index in [-0.39, 0.29) is 36.8 Å². The van der Waals surface area contributed by atoms with Crippen molar-refractivity contribution < 1.29 is 9.53 Å². The topological polar surface area (TPSA) is 95.1 Å². The van der Waals surface area contributed by atoms with Crippen molar-refractivity contribution in [1.82, 2.24) is 20.1 Å². The summed E-state index contributed by atoms with van der Waals surface area (Å²) in [6, 6.07) is 0.230. The fourth-order valence-electron chi connectivity index (χ4n) is 4.13. The summed E-state index contributed by atoms with van der Waals surface area (Å²) in [6.07, 6.45) is 4.40. The van der Waals surface area contributed by atoms with Gasteiger partial charge in [-0.3, -0.25) is 4.79 Å². The number of rotatable bonds is 6. The lowest BCUT2D eigenvalue weighted by Crippen LogP contribution is -2.39. The van der Waals surface area contributed by atoms with Gasteiger partial charge in [0.25, 0.3) is 0 Å². The van der Waals surface area contributed by atoms with Crippen LogP contribution >= 0.6 is 24.8 Å². The number of aryl methyl sites for hydroxylation is 3. The van der Waals surface area contributed by atoms with Crippen molar-refractivity contribution >= 4 is 41.8 Å². The first-order valence-electron chi connectivity index (χ1n) is 9.32. The summed E-state index contributed by atoms with van der Waals surface area (Å²) in [5.74, 6) is 1.09. The van der Waals surface area contributed by atoms with Gasteiger partial charge in [-0.05, 0) is 56.7 Å². The minimum Gasteiger partial charge on any atom is -0.479 e. The Morgan fingerprint density at radius 1 is 1.32 bits per heavy atom. The fourth-order valence-corrected chi connectivity index (χ4v) is 4.13. The highest BCUT2D eigenvalue weighted by Gasteiger charge is 2.27. The lowest BCUT2D eigenvalue weighted by molar-refractivity contribution is -0.122. The molecule has 158 valence electrons. The molecule has 0 radical (unpaired) electrons. The highest BCUT2D eigenvalue weighted by Crippen LogP contribution is 2.30. The maximum Gasteiger partial charge on any atom is 0.242 e. The average molecular weight is 432 g/mol. The number of amides is 1. The molecular formula is C19H31Cl2N5O2. The van der Waals surface area contributed by atoms with Crippen molar-refractivity contribution in [3.63, 3.8) is 0 Å². The van der Waals surface area contributed by atoms with Crippen LogP contribution in [0.5, 0.6) is 5.88 Å². The Balaban J connectivity index is 0.00000196. The molecule has 3 N–H and O–H groups in total. The number of halogens is 2. The average Bonchev–Trinajstić information content (AvgIpc) is 3.18. The van der Waals surface area contributed by atoms with Gasteiger partial charge in [0.05, 0.1) is 12.5 Å². The molecule has 28 heavy (non-hydrogen) atoms. The number of carbonyl (C=O) groups excluding carboxylic acids is 1. The van der Waals surface area contributed by atoms with Gasteiger partial charge in [-0.2, -0.15) is 0 Å². The van der Waals surface area contributed by atoms with E-state index in [1.54, 1.807) is 11.8 Å². The molecule has 1 saturated carbocycles. The number of methoxy groups -OCH3 is 1. The van der Waals surface area contributed by atoms with Crippen LogP contribution in [0, 0.1) is 19.8 Å². The molecule has 2 heterocycles. The molecule has 2 aromatic heterocycles. The molecule has 7 nitrogen and oxygen atoms in total. The predicted octanol–water partition coefficient (Wildman–Crippen LogP) is 2.61. The zero-order valence-electron chi connectivity index (χ0n) is 16.9. The van der Waals surface area contributed by atoms with E-state index in [2.05, 4.69) is 22.3 Å². The van der Waals surface area contributed by atoms with Gasteiger partial charge in [0, 0.05) is 25.2 Å². The summed E-state index contributed by atoms with van der Waals surface area (Å²) < 4.78 is 7.13. The minimum absolute atomic E-state index is 0. The van der Waals surface area contributed by atoms with Crippen molar-refractivity contribution in [2.24, 2.45) is 18.7 Å². The summed E-state index contributed by atoms with van der Waals surface area (Å²) in [6.45, 7) is 4.68. The number of aromatic nitrogens is 3. The number of hydrogen-bond acceptors (Lipinski definition) is 5. The molecule has 1 aliphatic rings. The highest BCUT2D eigenvalue weighted by atomic mass is 35.5. The third-order valence-electron chi connectivity index (χ3n) is 5.63. The van der Waals surface area contributed by atoms with Crippen LogP contribution in [0.2, 0.25) is 0 Å². The van der Waals surface area contributed by atoms with Crippen molar-refractivity contribution in [1.29, 1.82) is 0 Å². The number of fused-ring (bicyclic) bond motifs is 1. The van der Waals surface area contributed by atoms with Gasteiger partial charge < -0.3 is 15.8 Å². The number of nitrogens with one attached hydrogen (secondary N) is 1. The van der Waals surface area contributed by atoms with Gasteiger partial charge in [-0.15, -0.1) is 29.9 Å². The van der Waals surface area contributed by atoms with Crippen LogP contribution in [0.3, 0.4) is 0 Å². The van der Waals surface area contributed by atoms with Gasteiger partial charge in [0.2, 0.25) is 11.8 Å². The Hall–Kier alpha value is -1.57. The zero-order chi connectivity index (χ0) is 18.8. The highest BCUT2D eigenvalue weighted by molar-refractivity contribution is 5.86. The second-order valence-corrected chi connectivity index (χ2v) is 7.23. The van der Waals surface area contributed by atoms with E-state index in [0.717, 1.165) is 47.1 Å². The van der Waals surface area contributed by atoms with E-state index >= 15 is 0 Å². The summed E-state index contributed by atoms with van der Waals surface area (Å²) in [5, 5.41) is 8.47. The molecule has 0 aliphatic heterocycles. The Morgan fingerprint density at radius 3 is 2.68 bits per heavy atom. The van der Waals surface area contributed by atoms with E-state index in [0.29, 0.717) is 31.2 Å². The van der Waals surface area contributed by atoms with Crippen molar-refractivity contribution in [2.75, 3.05) is 13.7 Å². The lowest BCUT2D eigenvalue weighted by Gasteiger charge is -2.19.